The van der Waals surface area contributed by atoms with Gasteiger partial charge in [-0.1, -0.05) is 66.7 Å². The second kappa shape index (κ2) is 11.6. The number of carbonyl (C=O) groups is 3. The lowest BCUT2D eigenvalue weighted by Crippen LogP contribution is -2.39. The highest BCUT2D eigenvalue weighted by Crippen LogP contribution is 2.21. The molecule has 1 heterocycles. The maximum Gasteiger partial charge on any atom is 0.378 e. The number of carbonyl (C=O) groups excluding carboxylic acids is 3. The Balaban J connectivity index is 1.54. The zero-order chi connectivity index (χ0) is 25.3. The van der Waals surface area contributed by atoms with Crippen LogP contribution in [0.15, 0.2) is 91.0 Å². The molecule has 0 aliphatic carbocycles. The summed E-state index contributed by atoms with van der Waals surface area (Å²) < 4.78 is 11.8. The van der Waals surface area contributed by atoms with Crippen molar-refractivity contribution < 1.29 is 23.9 Å². The molecule has 36 heavy (non-hydrogen) atoms. The third-order valence-electron chi connectivity index (χ3n) is 5.11. The predicted molar refractivity (Wildman–Crippen MR) is 133 cm³/mol. The van der Waals surface area contributed by atoms with Gasteiger partial charge in [-0.05, 0) is 31.2 Å². The number of benzene rings is 3. The highest BCUT2D eigenvalue weighted by molar-refractivity contribution is 5.99. The Morgan fingerprint density at radius 2 is 1.44 bits per heavy atom. The normalized spacial score (nSPS) is 10.5. The van der Waals surface area contributed by atoms with Gasteiger partial charge in [-0.2, -0.15) is 0 Å². The van der Waals surface area contributed by atoms with Crippen molar-refractivity contribution in [1.82, 2.24) is 14.8 Å². The average molecular weight is 485 g/mol. The van der Waals surface area contributed by atoms with E-state index in [4.69, 9.17) is 9.47 Å². The van der Waals surface area contributed by atoms with Crippen LogP contribution in [0.3, 0.4) is 0 Å². The number of para-hydroxylation sites is 2. The van der Waals surface area contributed by atoms with Crippen LogP contribution >= 0.6 is 0 Å². The number of esters is 2. The largest absolute Gasteiger partial charge is 0.465 e. The lowest BCUT2D eigenvalue weighted by Gasteiger charge is -2.21. The Morgan fingerprint density at radius 3 is 2.08 bits per heavy atom. The first-order valence-corrected chi connectivity index (χ1v) is 11.3. The third kappa shape index (κ3) is 5.82. The summed E-state index contributed by atoms with van der Waals surface area (Å²) in [5.41, 5.74) is 1.95. The number of rotatable bonds is 9. The fraction of sp³-hybridized carbons (Fsp3) is 0.148. The van der Waals surface area contributed by atoms with Crippen molar-refractivity contribution in [2.24, 2.45) is 0 Å². The molecule has 3 aromatic carbocycles. The Bertz CT molecular complexity index is 1270. The van der Waals surface area contributed by atoms with Gasteiger partial charge in [-0.25, -0.2) is 14.5 Å². The van der Waals surface area contributed by atoms with Crippen molar-refractivity contribution in [3.05, 3.63) is 96.8 Å². The van der Waals surface area contributed by atoms with Crippen LogP contribution in [0.1, 0.15) is 17.5 Å². The van der Waals surface area contributed by atoms with Crippen LogP contribution < -0.4 is 4.90 Å². The molecule has 0 atom stereocenters. The molecule has 1 amide bonds. The van der Waals surface area contributed by atoms with Gasteiger partial charge in [0.15, 0.2) is 12.4 Å². The summed E-state index contributed by atoms with van der Waals surface area (Å²) in [4.78, 5) is 43.4. The monoisotopic (exact) mass is 484 g/mol. The first-order valence-electron chi connectivity index (χ1n) is 11.3. The van der Waals surface area contributed by atoms with E-state index in [-0.39, 0.29) is 19.0 Å². The van der Waals surface area contributed by atoms with E-state index in [0.717, 1.165) is 5.56 Å². The molecule has 0 radical (unpaired) electrons. The number of hydrogen-bond acceptors (Lipinski definition) is 7. The molecule has 0 aliphatic heterocycles. The molecular weight excluding hydrogens is 460 g/mol. The predicted octanol–water partition coefficient (Wildman–Crippen LogP) is 3.69. The first-order chi connectivity index (χ1) is 17.6. The van der Waals surface area contributed by atoms with E-state index in [1.54, 1.807) is 41.9 Å². The molecule has 0 N–H and O–H groups in total. The molecule has 0 aliphatic rings. The Hall–Kier alpha value is -4.79. The molecule has 1 aromatic heterocycles. The maximum atomic E-state index is 12.9. The van der Waals surface area contributed by atoms with Gasteiger partial charge < -0.3 is 9.47 Å². The van der Waals surface area contributed by atoms with Gasteiger partial charge in [0.25, 0.3) is 11.7 Å². The zero-order valence-electron chi connectivity index (χ0n) is 19.6. The Kier molecular flexibility index (Phi) is 7.82. The number of anilines is 1. The molecule has 0 spiro atoms. The van der Waals surface area contributed by atoms with Gasteiger partial charge >= 0.3 is 11.9 Å². The molecule has 0 saturated heterocycles. The third-order valence-corrected chi connectivity index (χ3v) is 5.11. The van der Waals surface area contributed by atoms with Crippen molar-refractivity contribution >= 4 is 23.5 Å². The summed E-state index contributed by atoms with van der Waals surface area (Å²) >= 11 is 0. The van der Waals surface area contributed by atoms with E-state index >= 15 is 0 Å². The lowest BCUT2D eigenvalue weighted by molar-refractivity contribution is -0.142. The van der Waals surface area contributed by atoms with E-state index in [0.29, 0.717) is 17.2 Å². The van der Waals surface area contributed by atoms with Crippen LogP contribution in [0.25, 0.3) is 17.1 Å². The van der Waals surface area contributed by atoms with Crippen molar-refractivity contribution in [1.29, 1.82) is 0 Å². The molecule has 9 heteroatoms. The number of ether oxygens (including phenoxy) is 2. The zero-order valence-corrected chi connectivity index (χ0v) is 19.6. The minimum absolute atomic E-state index is 0.185. The maximum absolute atomic E-state index is 12.9. The van der Waals surface area contributed by atoms with Crippen molar-refractivity contribution in [3.8, 4) is 17.1 Å². The van der Waals surface area contributed by atoms with E-state index in [1.807, 2.05) is 60.7 Å². The number of hydrogen-bond donors (Lipinski definition) is 0. The molecule has 0 fully saturated rings. The second-order valence-corrected chi connectivity index (χ2v) is 7.57. The van der Waals surface area contributed by atoms with Crippen molar-refractivity contribution in [2.45, 2.75) is 6.92 Å². The quantitative estimate of drug-likeness (QED) is 0.334. The Labute approximate surface area is 207 Å². The van der Waals surface area contributed by atoms with Gasteiger partial charge in [0.1, 0.15) is 6.54 Å². The standard InChI is InChI=1S/C27H24N4O5/c1-2-35-24(33)18-30(21-14-8-4-9-15-21)23(32)19-36-27(34)25-28-26(20-12-6-3-7-13-20)31(29-25)22-16-10-5-11-17-22/h3-17H,2,18-19H2,1H3. The summed E-state index contributed by atoms with van der Waals surface area (Å²) in [5, 5.41) is 4.34. The van der Waals surface area contributed by atoms with Crippen LogP contribution in [0.5, 0.6) is 0 Å². The summed E-state index contributed by atoms with van der Waals surface area (Å²) in [6.07, 6.45) is 0. The fourth-order valence-electron chi connectivity index (χ4n) is 3.46. The van der Waals surface area contributed by atoms with Crippen LogP contribution in [-0.4, -0.2) is 52.4 Å². The van der Waals surface area contributed by atoms with E-state index in [1.165, 1.54) is 4.90 Å². The average Bonchev–Trinajstić information content (AvgIpc) is 3.38. The molecule has 0 saturated carbocycles. The van der Waals surface area contributed by atoms with E-state index in [2.05, 4.69) is 10.1 Å². The van der Waals surface area contributed by atoms with Crippen LogP contribution in [0.2, 0.25) is 0 Å². The van der Waals surface area contributed by atoms with Crippen molar-refractivity contribution in [2.75, 3.05) is 24.7 Å². The lowest BCUT2D eigenvalue weighted by atomic mass is 10.2. The van der Waals surface area contributed by atoms with Gasteiger partial charge in [0, 0.05) is 11.3 Å². The summed E-state index contributed by atoms with van der Waals surface area (Å²) in [6.45, 7) is 0.949. The molecular formula is C27H24N4O5. The van der Waals surface area contributed by atoms with E-state index < -0.39 is 24.5 Å². The van der Waals surface area contributed by atoms with Crippen LogP contribution in [0, 0.1) is 0 Å². The van der Waals surface area contributed by atoms with Gasteiger partial charge in [-0.15, -0.1) is 5.10 Å². The van der Waals surface area contributed by atoms with E-state index in [9.17, 15) is 14.4 Å². The molecule has 4 aromatic rings. The molecule has 0 bridgehead atoms. The highest BCUT2D eigenvalue weighted by atomic mass is 16.5. The number of aromatic nitrogens is 3. The summed E-state index contributed by atoms with van der Waals surface area (Å²) in [6, 6.07) is 27.2. The minimum atomic E-state index is -0.862. The first kappa shape index (κ1) is 24.3. The van der Waals surface area contributed by atoms with Crippen LogP contribution in [0.4, 0.5) is 5.69 Å². The SMILES string of the molecule is CCOC(=O)CN(C(=O)COC(=O)c1nc(-c2ccccc2)n(-c2ccccc2)n1)c1ccccc1. The molecule has 9 nitrogen and oxygen atoms in total. The number of amides is 1. The smallest absolute Gasteiger partial charge is 0.378 e. The topological polar surface area (TPSA) is 104 Å². The molecule has 0 unspecified atom stereocenters. The van der Waals surface area contributed by atoms with Gasteiger partial charge in [0.2, 0.25) is 0 Å². The van der Waals surface area contributed by atoms with Crippen molar-refractivity contribution in [3.63, 3.8) is 0 Å². The molecule has 182 valence electrons. The summed E-state index contributed by atoms with van der Waals surface area (Å²) in [5.74, 6) is -1.76. The number of nitrogens with zero attached hydrogens (tertiary/aromatic N) is 4. The van der Waals surface area contributed by atoms with Gasteiger partial charge in [-0.3, -0.25) is 14.5 Å². The van der Waals surface area contributed by atoms with Crippen LogP contribution in [-0.2, 0) is 19.1 Å². The molecule has 4 rings (SSSR count). The highest BCUT2D eigenvalue weighted by Gasteiger charge is 2.24. The fourth-order valence-corrected chi connectivity index (χ4v) is 3.46. The summed E-state index contributed by atoms with van der Waals surface area (Å²) in [7, 11) is 0. The minimum Gasteiger partial charge on any atom is -0.465 e. The second-order valence-electron chi connectivity index (χ2n) is 7.57. The van der Waals surface area contributed by atoms with Gasteiger partial charge in [0.05, 0.1) is 12.3 Å². The Morgan fingerprint density at radius 1 is 0.833 bits per heavy atom.